The largest absolute Gasteiger partial charge is 0.481 e. The first-order valence-corrected chi connectivity index (χ1v) is 10.6. The maximum Gasteiger partial charge on any atom is 0.233 e. The molecule has 0 fully saturated rings. The highest BCUT2D eigenvalue weighted by Crippen LogP contribution is 2.22. The first-order chi connectivity index (χ1) is 16.6. The number of nitrogens with zero attached hydrogens (tertiary/aromatic N) is 3. The van der Waals surface area contributed by atoms with Crippen molar-refractivity contribution in [2.24, 2.45) is 0 Å². The van der Waals surface area contributed by atoms with Crippen molar-refractivity contribution in [3.05, 3.63) is 60.2 Å². The molecule has 2 aromatic heterocycles. The van der Waals surface area contributed by atoms with Crippen LogP contribution in [-0.4, -0.2) is 48.1 Å². The molecular weight excluding hydrogens is 437 g/mol. The Kier molecular flexibility index (Phi) is 9.13. The zero-order valence-corrected chi connectivity index (χ0v) is 19.0. The molecule has 10 heteroatoms. The molecular formula is C24H26FN7O2. The molecule has 0 bridgehead atoms. The topological polar surface area (TPSA) is 113 Å². The zero-order valence-electron chi connectivity index (χ0n) is 19.0. The number of anilines is 4. The SMILES string of the molecule is CNCC(=O)NCCCC#Cc1cnc(Nc2cccc(F)c2)nc1Nc1ccc(OC)nc1. The summed E-state index contributed by atoms with van der Waals surface area (Å²) in [5, 5.41) is 11.8. The Hall–Kier alpha value is -4.23. The van der Waals surface area contributed by atoms with Gasteiger partial charge in [-0.05, 0) is 37.7 Å². The number of methoxy groups -OCH3 is 1. The Morgan fingerprint density at radius 2 is 2.00 bits per heavy atom. The molecule has 0 aliphatic heterocycles. The zero-order chi connectivity index (χ0) is 24.2. The minimum absolute atomic E-state index is 0.0511. The van der Waals surface area contributed by atoms with Crippen LogP contribution in [0.15, 0.2) is 48.8 Å². The Morgan fingerprint density at radius 3 is 2.74 bits per heavy atom. The summed E-state index contributed by atoms with van der Waals surface area (Å²) >= 11 is 0. The molecule has 0 saturated heterocycles. The van der Waals surface area contributed by atoms with E-state index in [0.29, 0.717) is 48.0 Å². The number of likely N-dealkylation sites (N-methyl/N-ethyl adjacent to an activating group) is 1. The van der Waals surface area contributed by atoms with Crippen LogP contribution in [-0.2, 0) is 4.79 Å². The molecule has 9 nitrogen and oxygen atoms in total. The summed E-state index contributed by atoms with van der Waals surface area (Å²) in [4.78, 5) is 24.5. The van der Waals surface area contributed by atoms with Crippen molar-refractivity contribution in [1.29, 1.82) is 0 Å². The van der Waals surface area contributed by atoms with Gasteiger partial charge in [-0.25, -0.2) is 14.4 Å². The lowest BCUT2D eigenvalue weighted by Crippen LogP contribution is -2.32. The lowest BCUT2D eigenvalue weighted by atomic mass is 10.2. The normalized spacial score (nSPS) is 10.1. The number of pyridine rings is 1. The molecule has 1 aromatic carbocycles. The molecule has 3 rings (SSSR count). The molecule has 176 valence electrons. The Balaban J connectivity index is 1.73. The van der Waals surface area contributed by atoms with Crippen LogP contribution in [0.1, 0.15) is 18.4 Å². The quantitative estimate of drug-likeness (QED) is 0.268. The van der Waals surface area contributed by atoms with E-state index >= 15 is 0 Å². The third-order valence-electron chi connectivity index (χ3n) is 4.44. The number of carbonyl (C=O) groups excluding carboxylic acids is 1. The minimum Gasteiger partial charge on any atom is -0.481 e. The fourth-order valence-electron chi connectivity index (χ4n) is 2.82. The minimum atomic E-state index is -0.364. The van der Waals surface area contributed by atoms with Crippen molar-refractivity contribution in [2.75, 3.05) is 37.9 Å². The van der Waals surface area contributed by atoms with E-state index < -0.39 is 0 Å². The molecule has 0 radical (unpaired) electrons. The first kappa shape index (κ1) is 24.4. The number of unbranched alkanes of at least 4 members (excludes halogenated alkanes) is 1. The molecule has 34 heavy (non-hydrogen) atoms. The molecule has 0 spiro atoms. The number of hydrogen-bond acceptors (Lipinski definition) is 8. The molecule has 1 amide bonds. The standard InChI is InChI=1S/C24H26FN7O2/c1-26-16-21(33)27-12-5-3-4-7-17-14-29-24(31-19-9-6-8-18(25)13-19)32-23(17)30-20-10-11-22(34-2)28-15-20/h6,8-11,13-15,26H,3,5,12,16H2,1-2H3,(H,27,33)(H2,29,30,31,32). The number of halogens is 1. The van der Waals surface area contributed by atoms with Gasteiger partial charge in [0.1, 0.15) is 5.82 Å². The number of ether oxygens (including phenoxy) is 1. The molecule has 0 saturated carbocycles. The van der Waals surface area contributed by atoms with Gasteiger partial charge in [-0.1, -0.05) is 17.9 Å². The predicted octanol–water partition coefficient (Wildman–Crippen LogP) is 2.97. The van der Waals surface area contributed by atoms with Gasteiger partial charge in [-0.15, -0.1) is 0 Å². The number of benzene rings is 1. The van der Waals surface area contributed by atoms with E-state index in [1.807, 2.05) is 0 Å². The van der Waals surface area contributed by atoms with E-state index in [1.54, 1.807) is 50.8 Å². The van der Waals surface area contributed by atoms with Crippen LogP contribution >= 0.6 is 0 Å². The number of rotatable bonds is 10. The lowest BCUT2D eigenvalue weighted by molar-refractivity contribution is -0.120. The molecule has 0 aliphatic carbocycles. The second-order valence-electron chi connectivity index (χ2n) is 7.09. The van der Waals surface area contributed by atoms with E-state index in [1.165, 1.54) is 12.1 Å². The average molecular weight is 464 g/mol. The van der Waals surface area contributed by atoms with Crippen molar-refractivity contribution in [1.82, 2.24) is 25.6 Å². The van der Waals surface area contributed by atoms with Crippen molar-refractivity contribution in [3.63, 3.8) is 0 Å². The predicted molar refractivity (Wildman–Crippen MR) is 129 cm³/mol. The maximum atomic E-state index is 13.5. The highest BCUT2D eigenvalue weighted by atomic mass is 19.1. The van der Waals surface area contributed by atoms with E-state index in [0.717, 1.165) is 0 Å². The van der Waals surface area contributed by atoms with Crippen LogP contribution in [0.4, 0.5) is 27.5 Å². The molecule has 0 atom stereocenters. The average Bonchev–Trinajstić information content (AvgIpc) is 2.83. The molecule has 2 heterocycles. The number of amides is 1. The summed E-state index contributed by atoms with van der Waals surface area (Å²) in [6.07, 6.45) is 4.52. The van der Waals surface area contributed by atoms with Crippen molar-refractivity contribution in [2.45, 2.75) is 12.8 Å². The highest BCUT2D eigenvalue weighted by molar-refractivity contribution is 5.77. The Morgan fingerprint density at radius 1 is 1.12 bits per heavy atom. The van der Waals surface area contributed by atoms with Gasteiger partial charge in [-0.3, -0.25) is 4.79 Å². The van der Waals surface area contributed by atoms with Crippen LogP contribution in [0.5, 0.6) is 5.88 Å². The Labute approximate surface area is 197 Å². The van der Waals surface area contributed by atoms with Gasteiger partial charge in [-0.2, -0.15) is 4.98 Å². The van der Waals surface area contributed by atoms with Gasteiger partial charge in [0.05, 0.1) is 37.3 Å². The Bertz CT molecular complexity index is 1160. The van der Waals surface area contributed by atoms with Crippen LogP contribution in [0.25, 0.3) is 0 Å². The molecule has 0 unspecified atom stereocenters. The summed E-state index contributed by atoms with van der Waals surface area (Å²) in [6.45, 7) is 0.832. The monoisotopic (exact) mass is 463 g/mol. The number of nitrogens with one attached hydrogen (secondary N) is 4. The van der Waals surface area contributed by atoms with Gasteiger partial charge in [0.15, 0.2) is 5.82 Å². The molecule has 4 N–H and O–H groups in total. The highest BCUT2D eigenvalue weighted by Gasteiger charge is 2.08. The van der Waals surface area contributed by atoms with E-state index in [-0.39, 0.29) is 24.2 Å². The van der Waals surface area contributed by atoms with Crippen LogP contribution in [0.3, 0.4) is 0 Å². The number of carbonyl (C=O) groups is 1. The van der Waals surface area contributed by atoms with Crippen LogP contribution in [0.2, 0.25) is 0 Å². The molecule has 3 aromatic rings. The summed E-state index contributed by atoms with van der Waals surface area (Å²) in [5.41, 5.74) is 1.79. The van der Waals surface area contributed by atoms with Crippen molar-refractivity contribution < 1.29 is 13.9 Å². The van der Waals surface area contributed by atoms with E-state index in [2.05, 4.69) is 48.1 Å². The smallest absolute Gasteiger partial charge is 0.233 e. The summed E-state index contributed by atoms with van der Waals surface area (Å²) in [5.74, 6) is 6.99. The molecule has 0 aliphatic rings. The van der Waals surface area contributed by atoms with Crippen molar-refractivity contribution >= 4 is 29.0 Å². The van der Waals surface area contributed by atoms with Crippen molar-refractivity contribution in [3.8, 4) is 17.7 Å². The van der Waals surface area contributed by atoms with E-state index in [4.69, 9.17) is 4.74 Å². The van der Waals surface area contributed by atoms with E-state index in [9.17, 15) is 9.18 Å². The van der Waals surface area contributed by atoms with Crippen LogP contribution in [0, 0.1) is 17.7 Å². The third-order valence-corrected chi connectivity index (χ3v) is 4.44. The fourth-order valence-corrected chi connectivity index (χ4v) is 2.82. The van der Waals surface area contributed by atoms with Gasteiger partial charge in [0.2, 0.25) is 17.7 Å². The summed E-state index contributed by atoms with van der Waals surface area (Å²) < 4.78 is 18.6. The number of hydrogen-bond donors (Lipinski definition) is 4. The fraction of sp³-hybridized carbons (Fsp3) is 0.250. The first-order valence-electron chi connectivity index (χ1n) is 10.6. The summed E-state index contributed by atoms with van der Waals surface area (Å²) in [6, 6.07) is 9.56. The van der Waals surface area contributed by atoms with Crippen LogP contribution < -0.4 is 26.0 Å². The second-order valence-corrected chi connectivity index (χ2v) is 7.09. The lowest BCUT2D eigenvalue weighted by Gasteiger charge is -2.11. The third kappa shape index (κ3) is 7.72. The van der Waals surface area contributed by atoms with Gasteiger partial charge >= 0.3 is 0 Å². The number of aromatic nitrogens is 3. The van der Waals surface area contributed by atoms with Gasteiger partial charge < -0.3 is 26.0 Å². The maximum absolute atomic E-state index is 13.5. The van der Waals surface area contributed by atoms with Gasteiger partial charge in [0, 0.05) is 24.7 Å². The van der Waals surface area contributed by atoms with Gasteiger partial charge in [0.25, 0.3) is 0 Å². The summed E-state index contributed by atoms with van der Waals surface area (Å²) in [7, 11) is 3.27. The second kappa shape index (κ2) is 12.7.